The molecule has 2 rings (SSSR count). The fourth-order valence-corrected chi connectivity index (χ4v) is 2.75. The van der Waals surface area contributed by atoms with E-state index in [1.54, 1.807) is 6.07 Å². The largest absolute Gasteiger partial charge is 0.394 e. The first kappa shape index (κ1) is 13.3. The molecule has 0 aliphatic carbocycles. The number of hydrogen-bond acceptors (Lipinski definition) is 3. The predicted octanol–water partition coefficient (Wildman–Crippen LogP) is 1.75. The number of aliphatic hydroxyl groups excluding tert-OH is 1. The van der Waals surface area contributed by atoms with Crippen LogP contribution >= 0.6 is 0 Å². The lowest BCUT2D eigenvalue weighted by Gasteiger charge is -2.29. The fraction of sp³-hybridized carbons (Fsp3) is 0.571. The van der Waals surface area contributed by atoms with Crippen LogP contribution in [0.1, 0.15) is 18.9 Å². The first-order valence-electron chi connectivity index (χ1n) is 6.48. The first-order valence-corrected chi connectivity index (χ1v) is 6.48. The molecule has 2 unspecified atom stereocenters. The minimum absolute atomic E-state index is 0.0995. The van der Waals surface area contributed by atoms with Crippen molar-refractivity contribution in [2.24, 2.45) is 5.92 Å². The zero-order valence-electron chi connectivity index (χ0n) is 11.0. The molecule has 2 atom stereocenters. The molecular formula is C14H21FN2O. The van der Waals surface area contributed by atoms with Crippen LogP contribution < -0.4 is 10.2 Å². The van der Waals surface area contributed by atoms with Crippen LogP contribution in [0.4, 0.5) is 10.1 Å². The van der Waals surface area contributed by atoms with Gasteiger partial charge in [-0.1, -0.05) is 13.0 Å². The summed E-state index contributed by atoms with van der Waals surface area (Å²) in [5.41, 5.74) is 1.60. The van der Waals surface area contributed by atoms with Gasteiger partial charge in [0.1, 0.15) is 5.82 Å². The summed E-state index contributed by atoms with van der Waals surface area (Å²) in [6, 6.07) is 5.27. The summed E-state index contributed by atoms with van der Waals surface area (Å²) in [5.74, 6) is 0.263. The van der Waals surface area contributed by atoms with E-state index >= 15 is 0 Å². The molecule has 100 valence electrons. The standard InChI is InChI=1S/C14H21FN2O/c1-10-6-7-17(14(10)9-18)13-5-3-4-12(15)11(13)8-16-2/h3-5,10,14,16,18H,6-9H2,1-2H3. The average molecular weight is 252 g/mol. The number of rotatable bonds is 4. The summed E-state index contributed by atoms with van der Waals surface area (Å²) >= 11 is 0. The molecule has 1 fully saturated rings. The summed E-state index contributed by atoms with van der Waals surface area (Å²) in [6.45, 7) is 3.65. The van der Waals surface area contributed by atoms with E-state index in [0.717, 1.165) is 18.7 Å². The van der Waals surface area contributed by atoms with E-state index < -0.39 is 0 Å². The molecule has 0 radical (unpaired) electrons. The molecule has 3 nitrogen and oxygen atoms in total. The Morgan fingerprint density at radius 3 is 2.94 bits per heavy atom. The Morgan fingerprint density at radius 1 is 1.50 bits per heavy atom. The molecule has 0 saturated carbocycles. The van der Waals surface area contributed by atoms with Crippen LogP contribution in [0, 0.1) is 11.7 Å². The second kappa shape index (κ2) is 5.67. The van der Waals surface area contributed by atoms with Gasteiger partial charge >= 0.3 is 0 Å². The van der Waals surface area contributed by atoms with Gasteiger partial charge in [-0.05, 0) is 31.5 Å². The van der Waals surface area contributed by atoms with Gasteiger partial charge in [0.25, 0.3) is 0 Å². The van der Waals surface area contributed by atoms with Gasteiger partial charge in [0.05, 0.1) is 12.6 Å². The molecule has 1 aliphatic heterocycles. The maximum atomic E-state index is 13.9. The SMILES string of the molecule is CNCc1c(F)cccc1N1CCC(C)C1CO. The highest BCUT2D eigenvalue weighted by Gasteiger charge is 2.32. The van der Waals surface area contributed by atoms with Crippen molar-refractivity contribution in [2.75, 3.05) is 25.1 Å². The molecule has 4 heteroatoms. The van der Waals surface area contributed by atoms with Crippen molar-refractivity contribution in [2.45, 2.75) is 25.9 Å². The Kier molecular flexibility index (Phi) is 4.19. The molecule has 1 aliphatic rings. The van der Waals surface area contributed by atoms with Crippen LogP contribution in [0.25, 0.3) is 0 Å². The van der Waals surface area contributed by atoms with E-state index in [1.807, 2.05) is 13.1 Å². The zero-order valence-corrected chi connectivity index (χ0v) is 11.0. The fourth-order valence-electron chi connectivity index (χ4n) is 2.75. The molecule has 2 N–H and O–H groups in total. The molecule has 0 amide bonds. The van der Waals surface area contributed by atoms with Crippen LogP contribution in [-0.2, 0) is 6.54 Å². The zero-order chi connectivity index (χ0) is 13.1. The second-order valence-corrected chi connectivity index (χ2v) is 4.98. The van der Waals surface area contributed by atoms with Crippen LogP contribution in [0.2, 0.25) is 0 Å². The van der Waals surface area contributed by atoms with Crippen LogP contribution in [0.3, 0.4) is 0 Å². The smallest absolute Gasteiger partial charge is 0.129 e. The number of halogens is 1. The molecule has 1 aromatic carbocycles. The van der Waals surface area contributed by atoms with Gasteiger partial charge in [-0.15, -0.1) is 0 Å². The highest BCUT2D eigenvalue weighted by Crippen LogP contribution is 2.32. The molecular weight excluding hydrogens is 231 g/mol. The highest BCUT2D eigenvalue weighted by molar-refractivity contribution is 5.56. The summed E-state index contributed by atoms with van der Waals surface area (Å²) in [6.07, 6.45) is 1.04. The van der Waals surface area contributed by atoms with Gasteiger partial charge in [0.15, 0.2) is 0 Å². The molecule has 18 heavy (non-hydrogen) atoms. The van der Waals surface area contributed by atoms with E-state index in [0.29, 0.717) is 18.0 Å². The van der Waals surface area contributed by atoms with Crippen molar-refractivity contribution in [3.63, 3.8) is 0 Å². The Hall–Kier alpha value is -1.13. The molecule has 1 saturated heterocycles. The number of nitrogens with one attached hydrogen (secondary N) is 1. The maximum absolute atomic E-state index is 13.9. The van der Waals surface area contributed by atoms with E-state index in [2.05, 4.69) is 17.1 Å². The number of nitrogens with zero attached hydrogens (tertiary/aromatic N) is 1. The third-order valence-corrected chi connectivity index (χ3v) is 3.83. The average Bonchev–Trinajstić information content (AvgIpc) is 2.73. The lowest BCUT2D eigenvalue weighted by Crippen LogP contribution is -2.36. The van der Waals surface area contributed by atoms with Crippen LogP contribution in [0.15, 0.2) is 18.2 Å². The molecule has 0 spiro atoms. The number of benzene rings is 1. The van der Waals surface area contributed by atoms with Crippen molar-refractivity contribution in [3.05, 3.63) is 29.6 Å². The monoisotopic (exact) mass is 252 g/mol. The third kappa shape index (κ3) is 2.35. The highest BCUT2D eigenvalue weighted by atomic mass is 19.1. The van der Waals surface area contributed by atoms with Crippen molar-refractivity contribution in [1.82, 2.24) is 5.32 Å². The number of anilines is 1. The van der Waals surface area contributed by atoms with Crippen LogP contribution in [0.5, 0.6) is 0 Å². The Balaban J connectivity index is 2.35. The van der Waals surface area contributed by atoms with Gasteiger partial charge in [-0.3, -0.25) is 0 Å². The minimum Gasteiger partial charge on any atom is -0.394 e. The quantitative estimate of drug-likeness (QED) is 0.857. The molecule has 0 aromatic heterocycles. The minimum atomic E-state index is -0.182. The van der Waals surface area contributed by atoms with E-state index in [-0.39, 0.29) is 18.5 Å². The summed E-state index contributed by atoms with van der Waals surface area (Å²) in [4.78, 5) is 2.14. The van der Waals surface area contributed by atoms with Gasteiger partial charge in [-0.2, -0.15) is 0 Å². The Labute approximate surface area is 108 Å². The van der Waals surface area contributed by atoms with Crippen LogP contribution in [-0.4, -0.2) is 31.3 Å². The molecule has 1 aromatic rings. The van der Waals surface area contributed by atoms with Gasteiger partial charge in [0, 0.05) is 24.3 Å². The number of aliphatic hydroxyl groups is 1. The van der Waals surface area contributed by atoms with E-state index in [1.165, 1.54) is 6.07 Å². The van der Waals surface area contributed by atoms with Crippen molar-refractivity contribution in [3.8, 4) is 0 Å². The van der Waals surface area contributed by atoms with Crippen molar-refractivity contribution in [1.29, 1.82) is 0 Å². The number of hydrogen-bond donors (Lipinski definition) is 2. The molecule has 1 heterocycles. The topological polar surface area (TPSA) is 35.5 Å². The Bertz CT molecular complexity index is 411. The van der Waals surface area contributed by atoms with Gasteiger partial charge < -0.3 is 15.3 Å². The summed E-state index contributed by atoms with van der Waals surface area (Å²) in [7, 11) is 1.81. The van der Waals surface area contributed by atoms with Gasteiger partial charge in [0.2, 0.25) is 0 Å². The third-order valence-electron chi connectivity index (χ3n) is 3.83. The maximum Gasteiger partial charge on any atom is 0.129 e. The van der Waals surface area contributed by atoms with E-state index in [9.17, 15) is 9.50 Å². The normalized spacial score (nSPS) is 23.7. The van der Waals surface area contributed by atoms with Gasteiger partial charge in [-0.25, -0.2) is 4.39 Å². The predicted molar refractivity (Wildman–Crippen MR) is 71.2 cm³/mol. The second-order valence-electron chi connectivity index (χ2n) is 4.98. The lowest BCUT2D eigenvalue weighted by atomic mass is 10.0. The molecule has 0 bridgehead atoms. The first-order chi connectivity index (χ1) is 8.69. The summed E-state index contributed by atoms with van der Waals surface area (Å²) in [5, 5.41) is 12.5. The van der Waals surface area contributed by atoms with Crippen molar-refractivity contribution >= 4 is 5.69 Å². The Morgan fingerprint density at radius 2 is 2.28 bits per heavy atom. The lowest BCUT2D eigenvalue weighted by molar-refractivity contribution is 0.244. The summed E-state index contributed by atoms with van der Waals surface area (Å²) < 4.78 is 13.9. The van der Waals surface area contributed by atoms with E-state index in [4.69, 9.17) is 0 Å². The van der Waals surface area contributed by atoms with Crippen molar-refractivity contribution < 1.29 is 9.50 Å².